The van der Waals surface area contributed by atoms with Crippen molar-refractivity contribution in [1.82, 2.24) is 14.9 Å². The molecule has 0 aliphatic carbocycles. The third-order valence-corrected chi connectivity index (χ3v) is 6.61. The van der Waals surface area contributed by atoms with E-state index in [1.807, 2.05) is 31.1 Å². The van der Waals surface area contributed by atoms with Gasteiger partial charge in [-0.05, 0) is 73.0 Å². The van der Waals surface area contributed by atoms with E-state index in [2.05, 4.69) is 45.7 Å². The maximum atomic E-state index is 6.38. The van der Waals surface area contributed by atoms with Crippen molar-refractivity contribution in [3.8, 4) is 0 Å². The monoisotopic (exact) mass is 517 g/mol. The first-order valence-electron chi connectivity index (χ1n) is 10.9. The van der Waals surface area contributed by atoms with Crippen molar-refractivity contribution in [1.29, 1.82) is 0 Å². The molecular formula is C23H29BrClN7. The third kappa shape index (κ3) is 4.82. The van der Waals surface area contributed by atoms with E-state index in [1.54, 1.807) is 0 Å². The number of rotatable bonds is 4. The lowest BCUT2D eigenvalue weighted by atomic mass is 9.97. The molecule has 2 N–H and O–H groups in total. The molecule has 0 spiro atoms. The fourth-order valence-electron chi connectivity index (χ4n) is 4.19. The second-order valence-electron chi connectivity index (χ2n) is 8.83. The molecule has 0 saturated carbocycles. The third-order valence-electron chi connectivity index (χ3n) is 5.83. The lowest BCUT2D eigenvalue weighted by Crippen LogP contribution is -2.38. The first kappa shape index (κ1) is 23.1. The Morgan fingerprint density at radius 1 is 1.34 bits per heavy atom. The van der Waals surface area contributed by atoms with Crippen molar-refractivity contribution in [2.24, 2.45) is 21.6 Å². The highest BCUT2D eigenvalue weighted by Crippen LogP contribution is 2.26. The van der Waals surface area contributed by atoms with Crippen LogP contribution in [-0.4, -0.2) is 66.9 Å². The van der Waals surface area contributed by atoms with Gasteiger partial charge in [-0.3, -0.25) is 9.98 Å². The highest BCUT2D eigenvalue weighted by atomic mass is 79.9. The molecule has 0 fully saturated rings. The van der Waals surface area contributed by atoms with E-state index in [0.717, 1.165) is 62.7 Å². The van der Waals surface area contributed by atoms with Gasteiger partial charge in [0.25, 0.3) is 0 Å². The Morgan fingerprint density at radius 2 is 2.12 bits per heavy atom. The number of halogens is 2. The number of aromatic nitrogens is 2. The van der Waals surface area contributed by atoms with Crippen molar-refractivity contribution in [3.63, 3.8) is 0 Å². The number of anilines is 1. The van der Waals surface area contributed by atoms with Crippen LogP contribution in [0.1, 0.15) is 20.3 Å². The molecule has 32 heavy (non-hydrogen) atoms. The van der Waals surface area contributed by atoms with Gasteiger partial charge in [0.2, 0.25) is 5.28 Å². The Hall–Kier alpha value is -2.03. The summed E-state index contributed by atoms with van der Waals surface area (Å²) >= 11 is 10.1. The Morgan fingerprint density at radius 3 is 2.88 bits per heavy atom. The van der Waals surface area contributed by atoms with E-state index in [1.165, 1.54) is 0 Å². The van der Waals surface area contributed by atoms with E-state index >= 15 is 0 Å². The molecule has 9 heteroatoms. The molecule has 1 aromatic heterocycles. The molecule has 4 rings (SSSR count). The lowest BCUT2D eigenvalue weighted by Gasteiger charge is -2.25. The Balaban J connectivity index is 1.86. The van der Waals surface area contributed by atoms with Gasteiger partial charge < -0.3 is 15.5 Å². The maximum absolute atomic E-state index is 6.38. The zero-order chi connectivity index (χ0) is 23.0. The fraction of sp³-hybridized carbons (Fsp3) is 0.478. The highest BCUT2D eigenvalue weighted by Gasteiger charge is 2.22. The minimum atomic E-state index is 0.217. The molecule has 0 saturated heterocycles. The van der Waals surface area contributed by atoms with Gasteiger partial charge in [-0.25, -0.2) is 4.98 Å². The molecule has 2 aliphatic heterocycles. The van der Waals surface area contributed by atoms with Gasteiger partial charge >= 0.3 is 0 Å². The van der Waals surface area contributed by atoms with Gasteiger partial charge in [-0.1, -0.05) is 13.0 Å². The van der Waals surface area contributed by atoms with E-state index in [0.29, 0.717) is 19.0 Å². The summed E-state index contributed by atoms with van der Waals surface area (Å²) < 4.78 is 0.924. The summed E-state index contributed by atoms with van der Waals surface area (Å²) in [5.41, 5.74) is 8.79. The SMILES string of the molecule is CC1C=c2c(c(Br)cc3nc(Cl)nc(N4CCCN=C(/C=C(\N)CN(C)C)C4)c23)=NC1C. The summed E-state index contributed by atoms with van der Waals surface area (Å²) in [6, 6.07) is 2.21. The van der Waals surface area contributed by atoms with E-state index < -0.39 is 0 Å². The molecule has 0 bridgehead atoms. The Labute approximate surface area is 201 Å². The maximum Gasteiger partial charge on any atom is 0.224 e. The van der Waals surface area contributed by atoms with Crippen LogP contribution >= 0.6 is 27.5 Å². The number of hydrogen-bond acceptors (Lipinski definition) is 7. The van der Waals surface area contributed by atoms with Crippen LogP contribution in [0, 0.1) is 5.92 Å². The van der Waals surface area contributed by atoms with E-state index in [9.17, 15) is 0 Å². The van der Waals surface area contributed by atoms with Gasteiger partial charge in [-0.2, -0.15) is 4.98 Å². The van der Waals surface area contributed by atoms with Crippen LogP contribution in [0.15, 0.2) is 32.3 Å². The first-order chi connectivity index (χ1) is 15.2. The number of benzene rings is 1. The molecule has 170 valence electrons. The second kappa shape index (κ2) is 9.45. The summed E-state index contributed by atoms with van der Waals surface area (Å²) in [6.45, 7) is 7.22. The number of nitrogens with two attached hydrogens (primary N) is 1. The van der Waals surface area contributed by atoms with Gasteiger partial charge in [0, 0.05) is 35.0 Å². The predicted octanol–water partition coefficient (Wildman–Crippen LogP) is 2.54. The summed E-state index contributed by atoms with van der Waals surface area (Å²) in [6.07, 6.45) is 5.19. The van der Waals surface area contributed by atoms with Gasteiger partial charge in [0.15, 0.2) is 0 Å². The van der Waals surface area contributed by atoms with Crippen LogP contribution in [0.2, 0.25) is 5.28 Å². The molecular weight excluding hydrogens is 490 g/mol. The summed E-state index contributed by atoms with van der Waals surface area (Å²) in [5.74, 6) is 1.14. The largest absolute Gasteiger partial charge is 0.401 e. The van der Waals surface area contributed by atoms with E-state index in [4.69, 9.17) is 32.3 Å². The van der Waals surface area contributed by atoms with Crippen LogP contribution in [0.25, 0.3) is 17.0 Å². The minimum absolute atomic E-state index is 0.217. The van der Waals surface area contributed by atoms with Crippen molar-refractivity contribution in [2.45, 2.75) is 26.3 Å². The topological polar surface area (TPSA) is 83.0 Å². The van der Waals surface area contributed by atoms with Crippen molar-refractivity contribution < 1.29 is 0 Å². The molecule has 2 atom stereocenters. The Bertz CT molecular complexity index is 1220. The number of nitrogens with zero attached hydrogens (tertiary/aromatic N) is 6. The molecule has 2 aliphatic rings. The molecule has 0 amide bonds. The summed E-state index contributed by atoms with van der Waals surface area (Å²) in [7, 11) is 4.00. The molecule has 7 nitrogen and oxygen atoms in total. The van der Waals surface area contributed by atoms with Crippen LogP contribution in [0.4, 0.5) is 5.82 Å². The summed E-state index contributed by atoms with van der Waals surface area (Å²) in [4.78, 5) is 23.2. The zero-order valence-electron chi connectivity index (χ0n) is 18.9. The standard InChI is InChI=1S/C23H29BrClN7/c1-13-8-17-20-19(10-18(24)21(17)28-14(13)2)29-23(25)30-22(20)32-7-5-6-27-16(12-32)9-15(26)11-31(3)4/h8-10,13-14H,5-7,11-12,26H2,1-4H3/b15-9-. The molecule has 0 radical (unpaired) electrons. The number of fused-ring (bicyclic) bond motifs is 3. The van der Waals surface area contributed by atoms with Gasteiger partial charge in [0.1, 0.15) is 5.82 Å². The second-order valence-corrected chi connectivity index (χ2v) is 10.0. The van der Waals surface area contributed by atoms with Gasteiger partial charge in [0.05, 0.1) is 34.6 Å². The molecule has 2 aromatic rings. The normalized spacial score (nSPS) is 21.7. The zero-order valence-corrected chi connectivity index (χ0v) is 21.3. The average Bonchev–Trinajstić information content (AvgIpc) is 2.93. The quantitative estimate of drug-likeness (QED) is 0.629. The van der Waals surface area contributed by atoms with Crippen molar-refractivity contribution in [3.05, 3.63) is 38.2 Å². The number of aliphatic imine (C=N–C) groups is 1. The van der Waals surface area contributed by atoms with Gasteiger partial charge in [-0.15, -0.1) is 0 Å². The predicted molar refractivity (Wildman–Crippen MR) is 136 cm³/mol. The Kier molecular flexibility index (Phi) is 6.83. The number of likely N-dealkylation sites (N-methyl/N-ethyl adjacent to an activating group) is 1. The fourth-order valence-corrected chi connectivity index (χ4v) is 4.89. The average molecular weight is 519 g/mol. The minimum Gasteiger partial charge on any atom is -0.401 e. The van der Waals surface area contributed by atoms with Crippen LogP contribution in [-0.2, 0) is 0 Å². The van der Waals surface area contributed by atoms with Crippen LogP contribution in [0.5, 0.6) is 0 Å². The molecule has 2 unspecified atom stereocenters. The van der Waals surface area contributed by atoms with Crippen molar-refractivity contribution in [2.75, 3.05) is 45.2 Å². The first-order valence-corrected chi connectivity index (χ1v) is 12.0. The van der Waals surface area contributed by atoms with Crippen LogP contribution < -0.4 is 21.2 Å². The number of hydrogen-bond donors (Lipinski definition) is 1. The van der Waals surface area contributed by atoms with E-state index in [-0.39, 0.29) is 11.3 Å². The smallest absolute Gasteiger partial charge is 0.224 e. The molecule has 1 aromatic carbocycles. The van der Waals surface area contributed by atoms with Crippen LogP contribution in [0.3, 0.4) is 0 Å². The summed E-state index contributed by atoms with van der Waals surface area (Å²) in [5, 5.41) is 3.24. The van der Waals surface area contributed by atoms with Crippen molar-refractivity contribution >= 4 is 56.0 Å². The highest BCUT2D eigenvalue weighted by molar-refractivity contribution is 9.10. The lowest BCUT2D eigenvalue weighted by molar-refractivity contribution is 0.443. The molecule has 3 heterocycles.